The highest BCUT2D eigenvalue weighted by Gasteiger charge is 2.37. The molecule has 1 atom stereocenters. The number of nitrogens with one attached hydrogen (secondary N) is 1. The van der Waals surface area contributed by atoms with E-state index in [4.69, 9.17) is 11.6 Å². The molecule has 0 radical (unpaired) electrons. The Labute approximate surface area is 157 Å². The standard InChI is InChI=1S/C16H20ClF3N2.2ClH/c17-14-5-4-12(10-13(14)16(18,19)20)15(11-2-1-3-11)22-8-6-21-7-9-22;;/h4-5,10-11,15,21H,1-3,6-9H2;2*1H/t15-;;/m0../s1. The summed E-state index contributed by atoms with van der Waals surface area (Å²) in [5.74, 6) is 0.459. The molecule has 0 amide bonds. The van der Waals surface area contributed by atoms with E-state index in [9.17, 15) is 13.2 Å². The first kappa shape index (κ1) is 21.8. The largest absolute Gasteiger partial charge is 0.417 e. The number of alkyl halides is 3. The lowest BCUT2D eigenvalue weighted by atomic mass is 9.76. The van der Waals surface area contributed by atoms with Crippen molar-refractivity contribution in [1.29, 1.82) is 0 Å². The Morgan fingerprint density at radius 2 is 1.75 bits per heavy atom. The van der Waals surface area contributed by atoms with Gasteiger partial charge < -0.3 is 5.32 Å². The van der Waals surface area contributed by atoms with E-state index in [-0.39, 0.29) is 35.9 Å². The molecule has 1 aromatic carbocycles. The molecule has 1 aliphatic heterocycles. The van der Waals surface area contributed by atoms with Gasteiger partial charge in [-0.05, 0) is 36.5 Å². The van der Waals surface area contributed by atoms with Gasteiger partial charge in [0.15, 0.2) is 0 Å². The first-order valence-electron chi connectivity index (χ1n) is 7.78. The van der Waals surface area contributed by atoms with Crippen molar-refractivity contribution < 1.29 is 13.2 Å². The molecule has 1 saturated heterocycles. The van der Waals surface area contributed by atoms with Crippen molar-refractivity contribution in [2.45, 2.75) is 31.5 Å². The lowest BCUT2D eigenvalue weighted by molar-refractivity contribution is -0.137. The SMILES string of the molecule is Cl.Cl.FC(F)(F)c1cc([C@H](C2CCC2)N2CCNCC2)ccc1Cl. The predicted octanol–water partition coefficient (Wildman–Crippen LogP) is 4.95. The van der Waals surface area contributed by atoms with Crippen molar-refractivity contribution in [2.75, 3.05) is 26.2 Å². The number of piperazine rings is 1. The third-order valence-corrected chi connectivity index (χ3v) is 5.11. The molecule has 1 N–H and O–H groups in total. The van der Waals surface area contributed by atoms with Gasteiger partial charge in [-0.3, -0.25) is 4.90 Å². The van der Waals surface area contributed by atoms with Gasteiger partial charge in [-0.25, -0.2) is 0 Å². The molecule has 3 rings (SSSR count). The van der Waals surface area contributed by atoms with Gasteiger partial charge >= 0.3 is 6.18 Å². The van der Waals surface area contributed by atoms with Gasteiger partial charge in [-0.2, -0.15) is 13.2 Å². The van der Waals surface area contributed by atoms with Gasteiger partial charge in [0.2, 0.25) is 0 Å². The van der Waals surface area contributed by atoms with Crippen LogP contribution < -0.4 is 5.32 Å². The van der Waals surface area contributed by atoms with Crippen LogP contribution in [0.1, 0.15) is 36.4 Å². The van der Waals surface area contributed by atoms with Crippen LogP contribution in [-0.4, -0.2) is 31.1 Å². The number of hydrogen-bond acceptors (Lipinski definition) is 2. The summed E-state index contributed by atoms with van der Waals surface area (Å²) in [6, 6.07) is 4.50. The van der Waals surface area contributed by atoms with Crippen molar-refractivity contribution >= 4 is 36.4 Å². The first-order valence-corrected chi connectivity index (χ1v) is 8.16. The molecule has 1 saturated carbocycles. The third kappa shape index (κ3) is 4.70. The Hall–Kier alpha value is -0.200. The van der Waals surface area contributed by atoms with Crippen LogP contribution in [0.3, 0.4) is 0 Å². The van der Waals surface area contributed by atoms with Crippen molar-refractivity contribution in [3.05, 3.63) is 34.3 Å². The zero-order valence-corrected chi connectivity index (χ0v) is 15.5. The monoisotopic (exact) mass is 404 g/mol. The minimum absolute atomic E-state index is 0. The quantitative estimate of drug-likeness (QED) is 0.765. The summed E-state index contributed by atoms with van der Waals surface area (Å²) in [4.78, 5) is 2.32. The minimum atomic E-state index is -4.40. The molecular formula is C16H22Cl3F3N2. The van der Waals surface area contributed by atoms with E-state index in [1.54, 1.807) is 6.07 Å². The summed E-state index contributed by atoms with van der Waals surface area (Å²) in [7, 11) is 0. The number of rotatable bonds is 3. The van der Waals surface area contributed by atoms with Gasteiger partial charge in [-0.15, -0.1) is 24.8 Å². The fourth-order valence-corrected chi connectivity index (χ4v) is 3.67. The maximum Gasteiger partial charge on any atom is 0.417 e. The van der Waals surface area contributed by atoms with Crippen molar-refractivity contribution in [2.24, 2.45) is 5.92 Å². The van der Waals surface area contributed by atoms with Gasteiger partial charge in [0.05, 0.1) is 10.6 Å². The zero-order chi connectivity index (χ0) is 15.7. The Morgan fingerprint density at radius 1 is 1.12 bits per heavy atom. The highest BCUT2D eigenvalue weighted by molar-refractivity contribution is 6.31. The Balaban J connectivity index is 0.00000144. The van der Waals surface area contributed by atoms with Crippen LogP contribution in [0.5, 0.6) is 0 Å². The molecule has 24 heavy (non-hydrogen) atoms. The molecule has 1 heterocycles. The summed E-state index contributed by atoms with van der Waals surface area (Å²) in [6.45, 7) is 3.54. The van der Waals surface area contributed by atoms with E-state index < -0.39 is 11.7 Å². The Morgan fingerprint density at radius 3 is 2.25 bits per heavy atom. The number of halogens is 6. The molecule has 138 valence electrons. The molecule has 2 aliphatic rings. The summed E-state index contributed by atoms with van der Waals surface area (Å²) in [5, 5.41) is 3.08. The van der Waals surface area contributed by atoms with Crippen molar-refractivity contribution in [3.63, 3.8) is 0 Å². The average Bonchev–Trinajstić information content (AvgIpc) is 2.43. The number of benzene rings is 1. The number of hydrogen-bond donors (Lipinski definition) is 1. The van der Waals surface area contributed by atoms with E-state index in [2.05, 4.69) is 10.2 Å². The lowest BCUT2D eigenvalue weighted by Crippen LogP contribution is -2.47. The summed E-state index contributed by atoms with van der Waals surface area (Å²) >= 11 is 5.76. The van der Waals surface area contributed by atoms with Gasteiger partial charge in [0, 0.05) is 32.2 Å². The van der Waals surface area contributed by atoms with Crippen LogP contribution in [0.15, 0.2) is 18.2 Å². The molecule has 8 heteroatoms. The highest BCUT2D eigenvalue weighted by Crippen LogP contribution is 2.44. The maximum atomic E-state index is 13.1. The van der Waals surface area contributed by atoms with Crippen LogP contribution in [0.4, 0.5) is 13.2 Å². The molecular weight excluding hydrogens is 384 g/mol. The molecule has 1 aromatic rings. The Kier molecular flexibility index (Phi) is 8.14. The van der Waals surface area contributed by atoms with Crippen molar-refractivity contribution in [3.8, 4) is 0 Å². The van der Waals surface area contributed by atoms with Gasteiger partial charge in [0.1, 0.15) is 0 Å². The second-order valence-corrected chi connectivity index (χ2v) is 6.57. The predicted molar refractivity (Wildman–Crippen MR) is 95.5 cm³/mol. The molecule has 0 spiro atoms. The first-order chi connectivity index (χ1) is 10.5. The van der Waals surface area contributed by atoms with Crippen LogP contribution in [0.2, 0.25) is 5.02 Å². The van der Waals surface area contributed by atoms with Crippen LogP contribution in [0.25, 0.3) is 0 Å². The molecule has 0 aromatic heterocycles. The van der Waals surface area contributed by atoms with E-state index >= 15 is 0 Å². The topological polar surface area (TPSA) is 15.3 Å². The summed E-state index contributed by atoms with van der Waals surface area (Å²) in [5.41, 5.74) is 0.0365. The summed E-state index contributed by atoms with van der Waals surface area (Å²) in [6.07, 6.45) is -1.04. The molecule has 2 nitrogen and oxygen atoms in total. The maximum absolute atomic E-state index is 13.1. The van der Waals surface area contributed by atoms with Gasteiger partial charge in [0.25, 0.3) is 0 Å². The third-order valence-electron chi connectivity index (χ3n) is 4.78. The highest BCUT2D eigenvalue weighted by atomic mass is 35.5. The summed E-state index contributed by atoms with van der Waals surface area (Å²) < 4.78 is 39.4. The minimum Gasteiger partial charge on any atom is -0.314 e. The van der Waals surface area contributed by atoms with E-state index in [1.165, 1.54) is 18.6 Å². The molecule has 0 bridgehead atoms. The fraction of sp³-hybridized carbons (Fsp3) is 0.625. The lowest BCUT2D eigenvalue weighted by Gasteiger charge is -2.43. The smallest absolute Gasteiger partial charge is 0.314 e. The van der Waals surface area contributed by atoms with E-state index in [0.29, 0.717) is 5.92 Å². The van der Waals surface area contributed by atoms with Crippen LogP contribution in [0, 0.1) is 5.92 Å². The molecule has 2 fully saturated rings. The average molecular weight is 406 g/mol. The fourth-order valence-electron chi connectivity index (χ4n) is 3.44. The second kappa shape index (κ2) is 8.95. The van der Waals surface area contributed by atoms with Crippen LogP contribution in [-0.2, 0) is 6.18 Å². The van der Waals surface area contributed by atoms with E-state index in [1.807, 2.05) is 0 Å². The van der Waals surface area contributed by atoms with Gasteiger partial charge in [-0.1, -0.05) is 24.1 Å². The molecule has 1 aliphatic carbocycles. The number of nitrogens with zero attached hydrogens (tertiary/aromatic N) is 1. The molecule has 0 unspecified atom stereocenters. The second-order valence-electron chi connectivity index (χ2n) is 6.16. The van der Waals surface area contributed by atoms with E-state index in [0.717, 1.165) is 44.6 Å². The van der Waals surface area contributed by atoms with Crippen molar-refractivity contribution in [1.82, 2.24) is 10.2 Å². The Bertz CT molecular complexity index is 530. The normalized spacial score (nSPS) is 20.5. The zero-order valence-electron chi connectivity index (χ0n) is 13.1. The van der Waals surface area contributed by atoms with Crippen LogP contribution >= 0.6 is 36.4 Å².